The third-order valence-corrected chi connectivity index (χ3v) is 4.86. The summed E-state index contributed by atoms with van der Waals surface area (Å²) in [6.07, 6.45) is 0. The van der Waals surface area contributed by atoms with E-state index in [2.05, 4.69) is 10.3 Å². The van der Waals surface area contributed by atoms with Crippen LogP contribution in [0.25, 0.3) is 11.0 Å². The number of carbonyl (C=O) groups is 2. The van der Waals surface area contributed by atoms with Gasteiger partial charge >= 0.3 is 0 Å². The van der Waals surface area contributed by atoms with E-state index in [1.54, 1.807) is 17.0 Å². The largest absolute Gasteiger partial charge is 0.345 e. The molecular formula is C22H26N4O2. The van der Waals surface area contributed by atoms with E-state index in [0.29, 0.717) is 24.5 Å². The first-order valence-electron chi connectivity index (χ1n) is 9.60. The van der Waals surface area contributed by atoms with Gasteiger partial charge < -0.3 is 14.8 Å². The van der Waals surface area contributed by atoms with Gasteiger partial charge in [-0.15, -0.1) is 0 Å². The van der Waals surface area contributed by atoms with Crippen molar-refractivity contribution in [1.29, 1.82) is 0 Å². The van der Waals surface area contributed by atoms with E-state index in [0.717, 1.165) is 16.6 Å². The van der Waals surface area contributed by atoms with Crippen molar-refractivity contribution in [2.75, 3.05) is 13.1 Å². The van der Waals surface area contributed by atoms with E-state index in [4.69, 9.17) is 0 Å². The first-order chi connectivity index (χ1) is 13.5. The van der Waals surface area contributed by atoms with Crippen LogP contribution < -0.4 is 5.32 Å². The van der Waals surface area contributed by atoms with Crippen LogP contribution in [0, 0.1) is 6.92 Å². The van der Waals surface area contributed by atoms with Crippen LogP contribution in [0.15, 0.2) is 48.5 Å². The summed E-state index contributed by atoms with van der Waals surface area (Å²) in [7, 11) is 0. The highest BCUT2D eigenvalue weighted by molar-refractivity contribution is 5.94. The van der Waals surface area contributed by atoms with Crippen molar-refractivity contribution in [3.8, 4) is 0 Å². The van der Waals surface area contributed by atoms with Crippen molar-refractivity contribution in [2.45, 2.75) is 33.9 Å². The average Bonchev–Trinajstić information content (AvgIpc) is 3.05. The molecule has 2 aromatic carbocycles. The fourth-order valence-corrected chi connectivity index (χ4v) is 3.21. The Bertz CT molecular complexity index is 972. The topological polar surface area (TPSA) is 67.2 Å². The van der Waals surface area contributed by atoms with Gasteiger partial charge in [-0.1, -0.05) is 29.8 Å². The Morgan fingerprint density at radius 1 is 1.04 bits per heavy atom. The molecule has 6 heteroatoms. The summed E-state index contributed by atoms with van der Waals surface area (Å²) in [5, 5.41) is 2.92. The Morgan fingerprint density at radius 3 is 2.39 bits per heavy atom. The molecule has 1 aromatic heterocycles. The van der Waals surface area contributed by atoms with Gasteiger partial charge in [-0.05, 0) is 45.0 Å². The highest BCUT2D eigenvalue weighted by Crippen LogP contribution is 2.17. The molecule has 3 aromatic rings. The van der Waals surface area contributed by atoms with Crippen LogP contribution in [0.4, 0.5) is 0 Å². The van der Waals surface area contributed by atoms with Crippen molar-refractivity contribution in [3.05, 3.63) is 65.5 Å². The van der Waals surface area contributed by atoms with Gasteiger partial charge in [0.2, 0.25) is 5.91 Å². The number of amides is 2. The van der Waals surface area contributed by atoms with Gasteiger partial charge in [-0.25, -0.2) is 4.98 Å². The maximum atomic E-state index is 12.7. The van der Waals surface area contributed by atoms with Gasteiger partial charge in [0.25, 0.3) is 5.91 Å². The lowest BCUT2D eigenvalue weighted by molar-refractivity contribution is -0.131. The van der Waals surface area contributed by atoms with E-state index < -0.39 is 0 Å². The summed E-state index contributed by atoms with van der Waals surface area (Å²) in [6.45, 7) is 7.72. The molecule has 0 aliphatic rings. The smallest absolute Gasteiger partial charge is 0.251 e. The predicted octanol–water partition coefficient (Wildman–Crippen LogP) is 3.14. The first kappa shape index (κ1) is 19.6. The van der Waals surface area contributed by atoms with Crippen LogP contribution in [0.1, 0.15) is 35.6 Å². The molecule has 0 fully saturated rings. The molecule has 1 heterocycles. The summed E-state index contributed by atoms with van der Waals surface area (Å²) in [5.41, 5.74) is 3.41. The van der Waals surface area contributed by atoms with Crippen LogP contribution >= 0.6 is 0 Å². The standard InChI is InChI=1S/C22H26N4O2/c1-4-25(5-2)21(27)15-26-19-9-7-6-8-18(19)24-20(26)14-23-22(28)17-12-10-16(3)11-13-17/h6-13H,4-5,14-15H2,1-3H3,(H,23,28). The lowest BCUT2D eigenvalue weighted by Gasteiger charge is -2.20. The van der Waals surface area contributed by atoms with Gasteiger partial charge in [0, 0.05) is 18.7 Å². The second kappa shape index (κ2) is 8.69. The molecule has 0 saturated heterocycles. The fraction of sp³-hybridized carbons (Fsp3) is 0.318. The summed E-state index contributed by atoms with van der Waals surface area (Å²) in [4.78, 5) is 31.5. The number of fused-ring (bicyclic) bond motifs is 1. The molecule has 0 atom stereocenters. The molecule has 0 radical (unpaired) electrons. The Labute approximate surface area is 165 Å². The number of nitrogens with one attached hydrogen (secondary N) is 1. The molecule has 3 rings (SSSR count). The predicted molar refractivity (Wildman–Crippen MR) is 110 cm³/mol. The second-order valence-electron chi connectivity index (χ2n) is 6.72. The zero-order chi connectivity index (χ0) is 20.1. The van der Waals surface area contributed by atoms with Crippen molar-refractivity contribution in [3.63, 3.8) is 0 Å². The number of para-hydroxylation sites is 2. The zero-order valence-corrected chi connectivity index (χ0v) is 16.6. The summed E-state index contributed by atoms with van der Waals surface area (Å²) in [5.74, 6) is 0.551. The first-order valence-corrected chi connectivity index (χ1v) is 9.60. The molecule has 0 spiro atoms. The minimum atomic E-state index is -0.159. The van der Waals surface area contributed by atoms with E-state index in [9.17, 15) is 9.59 Å². The third kappa shape index (κ3) is 4.22. The molecule has 2 amide bonds. The van der Waals surface area contributed by atoms with Crippen LogP contribution in [0.2, 0.25) is 0 Å². The lowest BCUT2D eigenvalue weighted by Crippen LogP contribution is -2.34. The summed E-state index contributed by atoms with van der Waals surface area (Å²) >= 11 is 0. The molecular weight excluding hydrogens is 352 g/mol. The molecule has 0 unspecified atom stereocenters. The Hall–Kier alpha value is -3.15. The lowest BCUT2D eigenvalue weighted by atomic mass is 10.1. The number of likely N-dealkylation sites (N-methyl/N-ethyl adjacent to an activating group) is 1. The number of hydrogen-bond acceptors (Lipinski definition) is 3. The quantitative estimate of drug-likeness (QED) is 0.687. The average molecular weight is 378 g/mol. The molecule has 0 saturated carbocycles. The molecule has 1 N–H and O–H groups in total. The minimum Gasteiger partial charge on any atom is -0.345 e. The number of rotatable bonds is 7. The molecule has 28 heavy (non-hydrogen) atoms. The van der Waals surface area contributed by atoms with Crippen LogP contribution in [0.5, 0.6) is 0 Å². The molecule has 0 bridgehead atoms. The molecule has 0 aliphatic carbocycles. The maximum Gasteiger partial charge on any atom is 0.251 e. The van der Waals surface area contributed by atoms with Crippen LogP contribution in [-0.2, 0) is 17.9 Å². The van der Waals surface area contributed by atoms with E-state index in [-0.39, 0.29) is 24.9 Å². The number of imidazole rings is 1. The number of carbonyl (C=O) groups excluding carboxylic acids is 2. The SMILES string of the molecule is CCN(CC)C(=O)Cn1c(CNC(=O)c2ccc(C)cc2)nc2ccccc21. The number of nitrogens with zero attached hydrogens (tertiary/aromatic N) is 3. The Morgan fingerprint density at radius 2 is 1.71 bits per heavy atom. The van der Waals surface area contributed by atoms with Gasteiger partial charge in [0.1, 0.15) is 12.4 Å². The minimum absolute atomic E-state index is 0.0410. The van der Waals surface area contributed by atoms with Gasteiger partial charge in [-0.2, -0.15) is 0 Å². The highest BCUT2D eigenvalue weighted by Gasteiger charge is 2.17. The van der Waals surface area contributed by atoms with Crippen molar-refractivity contribution >= 4 is 22.8 Å². The maximum absolute atomic E-state index is 12.7. The highest BCUT2D eigenvalue weighted by atomic mass is 16.2. The Balaban J connectivity index is 1.83. The summed E-state index contributed by atoms with van der Waals surface area (Å²) < 4.78 is 1.89. The number of hydrogen-bond donors (Lipinski definition) is 1. The van der Waals surface area contributed by atoms with E-state index in [1.807, 2.05) is 61.7 Å². The monoisotopic (exact) mass is 378 g/mol. The number of benzene rings is 2. The van der Waals surface area contributed by atoms with Crippen LogP contribution in [-0.4, -0.2) is 39.4 Å². The van der Waals surface area contributed by atoms with Crippen molar-refractivity contribution in [2.24, 2.45) is 0 Å². The fourth-order valence-electron chi connectivity index (χ4n) is 3.21. The molecule has 6 nitrogen and oxygen atoms in total. The van der Waals surface area contributed by atoms with Crippen LogP contribution in [0.3, 0.4) is 0 Å². The number of aromatic nitrogens is 2. The molecule has 0 aliphatic heterocycles. The number of aryl methyl sites for hydroxylation is 1. The van der Waals surface area contributed by atoms with E-state index >= 15 is 0 Å². The summed E-state index contributed by atoms with van der Waals surface area (Å²) in [6, 6.07) is 15.1. The zero-order valence-electron chi connectivity index (χ0n) is 16.6. The van der Waals surface area contributed by atoms with Gasteiger partial charge in [0.05, 0.1) is 17.6 Å². The third-order valence-electron chi connectivity index (χ3n) is 4.86. The van der Waals surface area contributed by atoms with Crippen molar-refractivity contribution < 1.29 is 9.59 Å². The second-order valence-corrected chi connectivity index (χ2v) is 6.72. The van der Waals surface area contributed by atoms with E-state index in [1.165, 1.54) is 0 Å². The van der Waals surface area contributed by atoms with Gasteiger partial charge in [0.15, 0.2) is 0 Å². The van der Waals surface area contributed by atoms with Crippen molar-refractivity contribution in [1.82, 2.24) is 19.8 Å². The van der Waals surface area contributed by atoms with Gasteiger partial charge in [-0.3, -0.25) is 9.59 Å². The molecule has 146 valence electrons. The normalized spacial score (nSPS) is 10.8. The Kier molecular flexibility index (Phi) is 6.09.